The topological polar surface area (TPSA) is 105 Å². The summed E-state index contributed by atoms with van der Waals surface area (Å²) in [5.74, 6) is 0.0171. The number of sulfonamides is 1. The monoisotopic (exact) mass is 585 g/mol. The number of ether oxygens (including phenoxy) is 2. The zero-order valence-electron chi connectivity index (χ0n) is 23.1. The summed E-state index contributed by atoms with van der Waals surface area (Å²) in [4.78, 5) is 28.5. The van der Waals surface area contributed by atoms with Gasteiger partial charge in [-0.05, 0) is 47.5 Å². The molecule has 1 aliphatic rings. The largest absolute Gasteiger partial charge is 0.497 e. The van der Waals surface area contributed by atoms with Gasteiger partial charge in [-0.2, -0.15) is 4.31 Å². The average molecular weight is 586 g/mol. The Labute approximate surface area is 245 Å². The molecule has 0 aromatic heterocycles. The first-order valence-electron chi connectivity index (χ1n) is 13.4. The van der Waals surface area contributed by atoms with Crippen LogP contribution in [0.5, 0.6) is 11.5 Å². The Balaban J connectivity index is 1.40. The van der Waals surface area contributed by atoms with E-state index in [1.54, 1.807) is 48.5 Å². The minimum atomic E-state index is -4.08. The number of carbonyl (C=O) groups excluding carboxylic acids is 2. The van der Waals surface area contributed by atoms with E-state index in [2.05, 4.69) is 5.32 Å². The maximum atomic E-state index is 13.9. The van der Waals surface area contributed by atoms with E-state index in [0.717, 1.165) is 15.4 Å². The van der Waals surface area contributed by atoms with Gasteiger partial charge in [-0.1, -0.05) is 72.8 Å². The lowest BCUT2D eigenvalue weighted by Crippen LogP contribution is -2.52. The van der Waals surface area contributed by atoms with E-state index in [1.807, 2.05) is 48.5 Å². The number of fused-ring (bicyclic) bond motifs is 1. The second kappa shape index (κ2) is 12.9. The van der Waals surface area contributed by atoms with Crippen LogP contribution in [-0.4, -0.2) is 50.8 Å². The SMILES string of the molecule is COc1ccc(S(=O)(=O)N(CC(=O)N2C[C@@H](C(=O)NCc3ccccc3)Oc3ccccc32)Cc2ccccc2)cc1. The van der Waals surface area contributed by atoms with Gasteiger partial charge in [0.25, 0.3) is 5.91 Å². The summed E-state index contributed by atoms with van der Waals surface area (Å²) < 4.78 is 39.9. The molecule has 10 heteroatoms. The van der Waals surface area contributed by atoms with Gasteiger partial charge < -0.3 is 19.7 Å². The lowest BCUT2D eigenvalue weighted by molar-refractivity contribution is -0.128. The highest BCUT2D eigenvalue weighted by molar-refractivity contribution is 7.89. The molecule has 0 spiro atoms. The fraction of sp³-hybridized carbons (Fsp3) is 0.188. The molecule has 0 saturated carbocycles. The van der Waals surface area contributed by atoms with Crippen molar-refractivity contribution >= 4 is 27.5 Å². The normalized spacial score (nSPS) is 14.5. The molecule has 1 aliphatic heterocycles. The van der Waals surface area contributed by atoms with Gasteiger partial charge in [0, 0.05) is 13.1 Å². The molecule has 0 radical (unpaired) electrons. The molecule has 42 heavy (non-hydrogen) atoms. The van der Waals surface area contributed by atoms with Crippen LogP contribution in [0.1, 0.15) is 11.1 Å². The Morgan fingerprint density at radius 3 is 2.17 bits per heavy atom. The Kier molecular flexibility index (Phi) is 8.85. The summed E-state index contributed by atoms with van der Waals surface area (Å²) in [6.07, 6.45) is -0.978. The maximum Gasteiger partial charge on any atom is 0.263 e. The quantitative estimate of drug-likeness (QED) is 0.302. The molecule has 1 heterocycles. The fourth-order valence-corrected chi connectivity index (χ4v) is 6.03. The van der Waals surface area contributed by atoms with E-state index in [9.17, 15) is 18.0 Å². The molecule has 0 aliphatic carbocycles. The molecule has 4 aromatic carbocycles. The molecular weight excluding hydrogens is 554 g/mol. The average Bonchev–Trinajstić information content (AvgIpc) is 3.03. The molecule has 1 N–H and O–H groups in total. The van der Waals surface area contributed by atoms with Gasteiger partial charge in [0.2, 0.25) is 15.9 Å². The number of para-hydroxylation sites is 2. The number of amides is 2. The van der Waals surface area contributed by atoms with Crippen LogP contribution in [-0.2, 0) is 32.7 Å². The summed E-state index contributed by atoms with van der Waals surface area (Å²) in [7, 11) is -2.59. The van der Waals surface area contributed by atoms with Crippen molar-refractivity contribution in [2.75, 3.05) is 25.1 Å². The maximum absolute atomic E-state index is 13.9. The summed E-state index contributed by atoms with van der Waals surface area (Å²) in [5.41, 5.74) is 2.12. The van der Waals surface area contributed by atoms with Crippen LogP contribution < -0.4 is 19.7 Å². The minimum absolute atomic E-state index is 0.0199. The molecule has 1 atom stereocenters. The van der Waals surface area contributed by atoms with Crippen molar-refractivity contribution < 1.29 is 27.5 Å². The first-order chi connectivity index (χ1) is 20.3. The van der Waals surface area contributed by atoms with Gasteiger partial charge in [0.1, 0.15) is 11.5 Å². The fourth-order valence-electron chi connectivity index (χ4n) is 4.65. The standard InChI is InChI=1S/C32H31N3O6S/c1-40-26-16-18-27(19-17-26)42(38,39)34(21-25-12-6-3-7-13-25)23-31(36)35-22-30(41-29-15-9-8-14-28(29)35)32(37)33-20-24-10-4-2-5-11-24/h2-19,30H,20-23H2,1H3,(H,33,37)/t30-/m0/s1. The molecule has 0 unspecified atom stereocenters. The molecule has 9 nitrogen and oxygen atoms in total. The lowest BCUT2D eigenvalue weighted by Gasteiger charge is -2.35. The van der Waals surface area contributed by atoms with Gasteiger partial charge in [-0.3, -0.25) is 9.59 Å². The van der Waals surface area contributed by atoms with Crippen LogP contribution >= 0.6 is 0 Å². The van der Waals surface area contributed by atoms with Crippen LogP contribution in [0, 0.1) is 0 Å². The van der Waals surface area contributed by atoms with E-state index < -0.39 is 28.6 Å². The third kappa shape index (κ3) is 6.62. The van der Waals surface area contributed by atoms with Crippen molar-refractivity contribution in [3.63, 3.8) is 0 Å². The van der Waals surface area contributed by atoms with Gasteiger partial charge >= 0.3 is 0 Å². The zero-order valence-corrected chi connectivity index (χ0v) is 23.9. The van der Waals surface area contributed by atoms with Crippen LogP contribution in [0.3, 0.4) is 0 Å². The van der Waals surface area contributed by atoms with E-state index in [1.165, 1.54) is 24.1 Å². The van der Waals surface area contributed by atoms with Gasteiger partial charge in [-0.15, -0.1) is 0 Å². The third-order valence-corrected chi connectivity index (χ3v) is 8.69. The predicted molar refractivity (Wildman–Crippen MR) is 159 cm³/mol. The van der Waals surface area contributed by atoms with E-state index >= 15 is 0 Å². The van der Waals surface area contributed by atoms with Crippen LogP contribution in [0.4, 0.5) is 5.69 Å². The number of carbonyl (C=O) groups is 2. The second-order valence-electron chi connectivity index (χ2n) is 9.72. The number of rotatable bonds is 10. The van der Waals surface area contributed by atoms with Gasteiger partial charge in [0.15, 0.2) is 6.10 Å². The number of anilines is 1. The molecule has 2 amide bonds. The molecule has 216 valence electrons. The number of methoxy groups -OCH3 is 1. The number of nitrogens with one attached hydrogen (secondary N) is 1. The van der Waals surface area contributed by atoms with Gasteiger partial charge in [0.05, 0.1) is 30.8 Å². The zero-order chi connectivity index (χ0) is 29.5. The number of hydrogen-bond donors (Lipinski definition) is 1. The molecule has 0 bridgehead atoms. The Bertz CT molecular complexity index is 1630. The summed E-state index contributed by atoms with van der Waals surface area (Å²) in [6, 6.07) is 31.5. The molecule has 0 fully saturated rings. The van der Waals surface area contributed by atoms with Crippen molar-refractivity contribution in [1.82, 2.24) is 9.62 Å². The summed E-state index contributed by atoms with van der Waals surface area (Å²) in [5, 5.41) is 2.87. The highest BCUT2D eigenvalue weighted by Gasteiger charge is 2.36. The smallest absolute Gasteiger partial charge is 0.263 e. The molecule has 5 rings (SSSR count). The molecular formula is C32H31N3O6S. The number of benzene rings is 4. The van der Waals surface area contributed by atoms with Crippen LogP contribution in [0.15, 0.2) is 114 Å². The minimum Gasteiger partial charge on any atom is -0.497 e. The van der Waals surface area contributed by atoms with Crippen molar-refractivity contribution in [2.45, 2.75) is 24.1 Å². The van der Waals surface area contributed by atoms with Crippen molar-refractivity contribution in [3.05, 3.63) is 120 Å². The molecule has 0 saturated heterocycles. The lowest BCUT2D eigenvalue weighted by atomic mass is 10.1. The second-order valence-corrected chi connectivity index (χ2v) is 11.7. The summed E-state index contributed by atoms with van der Waals surface area (Å²) in [6.45, 7) is -0.234. The predicted octanol–water partition coefficient (Wildman–Crippen LogP) is 4.00. The first-order valence-corrected chi connectivity index (χ1v) is 14.8. The van der Waals surface area contributed by atoms with Crippen molar-refractivity contribution in [3.8, 4) is 11.5 Å². The first kappa shape index (κ1) is 28.8. The van der Waals surface area contributed by atoms with E-state index in [4.69, 9.17) is 9.47 Å². The van der Waals surface area contributed by atoms with Crippen molar-refractivity contribution in [1.29, 1.82) is 0 Å². The van der Waals surface area contributed by atoms with Crippen LogP contribution in [0.25, 0.3) is 0 Å². The Morgan fingerprint density at radius 1 is 0.881 bits per heavy atom. The van der Waals surface area contributed by atoms with Gasteiger partial charge in [-0.25, -0.2) is 8.42 Å². The highest BCUT2D eigenvalue weighted by atomic mass is 32.2. The van der Waals surface area contributed by atoms with Crippen LogP contribution in [0.2, 0.25) is 0 Å². The number of nitrogens with zero attached hydrogens (tertiary/aromatic N) is 2. The van der Waals surface area contributed by atoms with E-state index in [0.29, 0.717) is 23.7 Å². The number of hydrogen-bond acceptors (Lipinski definition) is 6. The highest BCUT2D eigenvalue weighted by Crippen LogP contribution is 2.34. The molecule has 4 aromatic rings. The third-order valence-electron chi connectivity index (χ3n) is 6.89. The van der Waals surface area contributed by atoms with Crippen molar-refractivity contribution in [2.24, 2.45) is 0 Å². The van der Waals surface area contributed by atoms with E-state index in [-0.39, 0.29) is 23.9 Å². The summed E-state index contributed by atoms with van der Waals surface area (Å²) >= 11 is 0. The Hall–Kier alpha value is -4.67. The Morgan fingerprint density at radius 2 is 1.50 bits per heavy atom.